The number of para-hydroxylation sites is 2. The van der Waals surface area contributed by atoms with E-state index in [-0.39, 0.29) is 36.2 Å². The minimum atomic E-state index is -1.16. The second kappa shape index (κ2) is 13.3. The van der Waals surface area contributed by atoms with Crippen LogP contribution in [0.2, 0.25) is 0 Å². The van der Waals surface area contributed by atoms with Gasteiger partial charge in [0.1, 0.15) is 47.5 Å². The molecule has 2 fully saturated rings. The van der Waals surface area contributed by atoms with Gasteiger partial charge in [-0.25, -0.2) is 9.59 Å². The summed E-state index contributed by atoms with van der Waals surface area (Å²) in [5, 5.41) is 38.2. The van der Waals surface area contributed by atoms with Gasteiger partial charge in [0, 0.05) is 22.6 Å². The molecule has 14 heteroatoms. The number of aliphatic carboxylic acids is 2. The summed E-state index contributed by atoms with van der Waals surface area (Å²) in [6, 6.07) is 10.6. The maximum absolute atomic E-state index is 12.9. The zero-order valence-electron chi connectivity index (χ0n) is 21.1. The number of nitrogens with zero attached hydrogens (tertiary/aromatic N) is 2. The van der Waals surface area contributed by atoms with Gasteiger partial charge in [0.2, 0.25) is 0 Å². The van der Waals surface area contributed by atoms with Crippen molar-refractivity contribution in [2.45, 2.75) is 22.8 Å². The number of aromatic hydroxyl groups is 2. The first-order valence-corrected chi connectivity index (χ1v) is 14.3. The minimum Gasteiger partial charge on any atom is -0.508 e. The number of phenolic OH excluding ortho intramolecular Hbond substituents is 2. The summed E-state index contributed by atoms with van der Waals surface area (Å²) in [6.45, 7) is -1.05. The first-order valence-electron chi connectivity index (χ1n) is 12.2. The Kier molecular flexibility index (Phi) is 9.79. The van der Waals surface area contributed by atoms with Crippen LogP contribution in [0.4, 0.5) is 0 Å². The zero-order valence-corrected chi connectivity index (χ0v) is 22.8. The van der Waals surface area contributed by atoms with Crippen LogP contribution >= 0.6 is 23.5 Å². The van der Waals surface area contributed by atoms with E-state index < -0.39 is 59.8 Å². The fraction of sp³-hybridized carbons (Fsp3) is 0.385. The number of amides is 2. The highest BCUT2D eigenvalue weighted by molar-refractivity contribution is 8.00. The number of rotatable bonds is 11. The largest absolute Gasteiger partial charge is 0.508 e. The lowest BCUT2D eigenvalue weighted by molar-refractivity contribution is -0.152. The monoisotopic (exact) mass is 592 g/mol. The number of benzene rings is 2. The zero-order chi connectivity index (χ0) is 28.8. The van der Waals surface area contributed by atoms with E-state index in [9.17, 15) is 39.6 Å². The number of carboxylic acid groups (broad SMARTS) is 2. The number of carbonyl (C=O) groups excluding carboxylic acids is 2. The van der Waals surface area contributed by atoms with E-state index in [4.69, 9.17) is 9.47 Å². The highest BCUT2D eigenvalue weighted by Crippen LogP contribution is 2.45. The van der Waals surface area contributed by atoms with E-state index in [1.54, 1.807) is 36.4 Å². The van der Waals surface area contributed by atoms with Crippen molar-refractivity contribution in [2.75, 3.05) is 37.9 Å². The second-order valence-corrected chi connectivity index (χ2v) is 11.1. The van der Waals surface area contributed by atoms with E-state index in [1.807, 2.05) is 0 Å². The maximum atomic E-state index is 12.9. The van der Waals surface area contributed by atoms with Gasteiger partial charge in [-0.3, -0.25) is 9.59 Å². The van der Waals surface area contributed by atoms with Crippen molar-refractivity contribution < 1.29 is 49.1 Å². The lowest BCUT2D eigenvalue weighted by atomic mass is 10.1. The molecule has 2 heterocycles. The number of hydrogen-bond acceptors (Lipinski definition) is 10. The van der Waals surface area contributed by atoms with Crippen molar-refractivity contribution in [3.8, 4) is 11.5 Å². The van der Waals surface area contributed by atoms with Crippen molar-refractivity contribution in [2.24, 2.45) is 0 Å². The van der Waals surface area contributed by atoms with Crippen molar-refractivity contribution in [1.82, 2.24) is 9.80 Å². The first kappa shape index (κ1) is 29.5. The number of thioether (sulfide) groups is 2. The Bertz CT molecular complexity index is 1170. The SMILES string of the molecule is O=C(O)[C@@H]1CSC(c2ccccc2O)N1C(=O)COCCOCC(=O)N1C(c2ccccc2O)SC[C@H]1C(=O)O. The fourth-order valence-corrected chi connectivity index (χ4v) is 7.40. The van der Waals surface area contributed by atoms with Gasteiger partial charge in [0.25, 0.3) is 11.8 Å². The Hall–Kier alpha value is -3.46. The topological polar surface area (TPSA) is 174 Å². The van der Waals surface area contributed by atoms with Crippen molar-refractivity contribution >= 4 is 47.3 Å². The molecule has 2 amide bonds. The molecule has 0 bridgehead atoms. The molecular formula is C26H28N2O10S2. The molecule has 0 aliphatic carbocycles. The van der Waals surface area contributed by atoms with E-state index in [2.05, 4.69) is 0 Å². The maximum Gasteiger partial charge on any atom is 0.327 e. The molecule has 2 aromatic rings. The quantitative estimate of drug-likeness (QED) is 0.279. The van der Waals surface area contributed by atoms with E-state index in [1.165, 1.54) is 45.5 Å². The van der Waals surface area contributed by atoms with Crippen LogP contribution in [0.1, 0.15) is 21.9 Å². The summed E-state index contributed by atoms with van der Waals surface area (Å²) in [5.41, 5.74) is 0.849. The van der Waals surface area contributed by atoms with Gasteiger partial charge in [0.05, 0.1) is 13.2 Å². The molecule has 0 radical (unpaired) electrons. The van der Waals surface area contributed by atoms with Crippen molar-refractivity contribution in [1.29, 1.82) is 0 Å². The van der Waals surface area contributed by atoms with E-state index in [0.717, 1.165) is 0 Å². The second-order valence-electron chi connectivity index (χ2n) is 8.90. The molecule has 2 aliphatic rings. The molecule has 4 atom stereocenters. The molecule has 40 heavy (non-hydrogen) atoms. The molecule has 4 rings (SSSR count). The van der Waals surface area contributed by atoms with E-state index in [0.29, 0.717) is 11.1 Å². The van der Waals surface area contributed by atoms with Crippen LogP contribution in [0.5, 0.6) is 11.5 Å². The summed E-state index contributed by atoms with van der Waals surface area (Å²) in [6.07, 6.45) is 0. The molecule has 0 saturated carbocycles. The number of carboxylic acids is 2. The van der Waals surface area contributed by atoms with Crippen LogP contribution in [0, 0.1) is 0 Å². The average Bonchev–Trinajstić information content (AvgIpc) is 3.56. The molecular weight excluding hydrogens is 564 g/mol. The lowest BCUT2D eigenvalue weighted by Gasteiger charge is -2.28. The number of ether oxygens (including phenoxy) is 2. The third kappa shape index (κ3) is 6.46. The fourth-order valence-electron chi connectivity index (χ4n) is 4.46. The first-order chi connectivity index (χ1) is 19.2. The Morgan fingerprint density at radius 2 is 1.07 bits per heavy atom. The van der Waals surface area contributed by atoms with Crippen molar-refractivity contribution in [3.05, 3.63) is 59.7 Å². The third-order valence-corrected chi connectivity index (χ3v) is 8.99. The normalized spacial score (nSPS) is 22.4. The average molecular weight is 593 g/mol. The Morgan fingerprint density at radius 3 is 1.43 bits per heavy atom. The molecule has 2 saturated heterocycles. The molecule has 2 unspecified atom stereocenters. The van der Waals surface area contributed by atoms with Crippen molar-refractivity contribution in [3.63, 3.8) is 0 Å². The summed E-state index contributed by atoms with van der Waals surface area (Å²) in [5.74, 6) is -3.28. The summed E-state index contributed by atoms with van der Waals surface area (Å²) in [4.78, 5) is 51.7. The molecule has 2 aliphatic heterocycles. The smallest absolute Gasteiger partial charge is 0.327 e. The van der Waals surface area contributed by atoms with E-state index >= 15 is 0 Å². The van der Waals surface area contributed by atoms with Gasteiger partial charge < -0.3 is 39.7 Å². The highest BCUT2D eigenvalue weighted by Gasteiger charge is 2.44. The molecule has 4 N–H and O–H groups in total. The molecule has 2 aromatic carbocycles. The Labute approximate surface area is 237 Å². The number of hydrogen-bond donors (Lipinski definition) is 4. The Morgan fingerprint density at radius 1 is 0.700 bits per heavy atom. The van der Waals surface area contributed by atoms with Crippen LogP contribution in [0.15, 0.2) is 48.5 Å². The van der Waals surface area contributed by atoms with Crippen LogP contribution in [0.25, 0.3) is 0 Å². The third-order valence-electron chi connectivity index (χ3n) is 6.38. The van der Waals surface area contributed by atoms with Crippen LogP contribution < -0.4 is 0 Å². The van der Waals surface area contributed by atoms with Crippen LogP contribution in [-0.4, -0.2) is 104 Å². The minimum absolute atomic E-state index is 0.0471. The van der Waals surface area contributed by atoms with Gasteiger partial charge in [0.15, 0.2) is 0 Å². The van der Waals surface area contributed by atoms with Gasteiger partial charge in [-0.05, 0) is 12.1 Å². The molecule has 214 valence electrons. The summed E-state index contributed by atoms with van der Waals surface area (Å²) >= 11 is 2.46. The van der Waals surface area contributed by atoms with Gasteiger partial charge in [-0.2, -0.15) is 0 Å². The number of carbonyl (C=O) groups is 4. The standard InChI is InChI=1S/C26H28N2O10S2/c29-19-7-3-1-5-15(19)23-27(17(13-39-23)25(33)34)21(31)11-37-9-10-38-12-22(32)28-18(26(35)36)14-40-24(28)16-6-2-4-8-20(16)30/h1-8,17-18,23-24,29-30H,9-14H2,(H,33,34)(H,35,36)/t17-,18-,23?,24?/m0/s1. The molecule has 0 spiro atoms. The van der Waals surface area contributed by atoms with Crippen LogP contribution in [0.3, 0.4) is 0 Å². The predicted octanol–water partition coefficient (Wildman–Crippen LogP) is 1.89. The molecule has 0 aromatic heterocycles. The summed E-state index contributed by atoms with van der Waals surface area (Å²) < 4.78 is 10.8. The lowest BCUT2D eigenvalue weighted by Crippen LogP contribution is -2.45. The predicted molar refractivity (Wildman–Crippen MR) is 145 cm³/mol. The Balaban J connectivity index is 1.29. The van der Waals surface area contributed by atoms with Crippen LogP contribution in [-0.2, 0) is 28.7 Å². The summed E-state index contributed by atoms with van der Waals surface area (Å²) in [7, 11) is 0. The number of phenols is 2. The van der Waals surface area contributed by atoms with Gasteiger partial charge in [-0.15, -0.1) is 23.5 Å². The molecule has 12 nitrogen and oxygen atoms in total. The van der Waals surface area contributed by atoms with Gasteiger partial charge in [-0.1, -0.05) is 36.4 Å². The van der Waals surface area contributed by atoms with Gasteiger partial charge >= 0.3 is 11.9 Å². The highest BCUT2D eigenvalue weighted by atomic mass is 32.2.